The van der Waals surface area contributed by atoms with Gasteiger partial charge in [-0.25, -0.2) is 4.39 Å². The first kappa shape index (κ1) is 19.2. The van der Waals surface area contributed by atoms with Crippen molar-refractivity contribution in [1.29, 1.82) is 0 Å². The minimum absolute atomic E-state index is 0.157. The van der Waals surface area contributed by atoms with Crippen molar-refractivity contribution in [3.63, 3.8) is 0 Å². The van der Waals surface area contributed by atoms with Gasteiger partial charge in [0.05, 0.1) is 19.6 Å². The van der Waals surface area contributed by atoms with E-state index in [2.05, 4.69) is 21.2 Å². The van der Waals surface area contributed by atoms with Crippen LogP contribution in [0.15, 0.2) is 34.8 Å². The van der Waals surface area contributed by atoms with Crippen LogP contribution in [-0.2, 0) is 11.2 Å². The third-order valence-electron chi connectivity index (χ3n) is 3.53. The maximum Gasteiger partial charge on any atom is 0.228 e. The molecule has 0 aromatic heterocycles. The van der Waals surface area contributed by atoms with Gasteiger partial charge < -0.3 is 14.8 Å². The molecule has 0 bridgehead atoms. The highest BCUT2D eigenvalue weighted by Crippen LogP contribution is 2.34. The number of rotatable bonds is 7. The van der Waals surface area contributed by atoms with Gasteiger partial charge in [-0.3, -0.25) is 4.79 Å². The number of halogens is 2. The molecule has 0 unspecified atom stereocenters. The summed E-state index contributed by atoms with van der Waals surface area (Å²) < 4.78 is 25.1. The smallest absolute Gasteiger partial charge is 0.228 e. The molecule has 0 atom stereocenters. The van der Waals surface area contributed by atoms with Crippen LogP contribution in [0.1, 0.15) is 25.0 Å². The van der Waals surface area contributed by atoms with Crippen molar-refractivity contribution in [2.24, 2.45) is 0 Å². The second-order valence-electron chi connectivity index (χ2n) is 5.44. The highest BCUT2D eigenvalue weighted by Gasteiger charge is 2.14. The van der Waals surface area contributed by atoms with Gasteiger partial charge in [0.25, 0.3) is 0 Å². The van der Waals surface area contributed by atoms with Crippen molar-refractivity contribution in [2.75, 3.05) is 18.5 Å². The molecule has 0 radical (unpaired) electrons. The van der Waals surface area contributed by atoms with E-state index < -0.39 is 0 Å². The van der Waals surface area contributed by atoms with Gasteiger partial charge in [-0.2, -0.15) is 0 Å². The highest BCUT2D eigenvalue weighted by atomic mass is 79.9. The lowest BCUT2D eigenvalue weighted by molar-refractivity contribution is -0.115. The second-order valence-corrected chi connectivity index (χ2v) is 6.29. The fourth-order valence-electron chi connectivity index (χ4n) is 2.38. The van der Waals surface area contributed by atoms with Crippen LogP contribution in [0.3, 0.4) is 0 Å². The molecule has 0 aliphatic heterocycles. The molecule has 0 aliphatic carbocycles. The van der Waals surface area contributed by atoms with E-state index in [0.717, 1.165) is 10.0 Å². The lowest BCUT2D eigenvalue weighted by Crippen LogP contribution is -2.15. The summed E-state index contributed by atoms with van der Waals surface area (Å²) in [5.41, 5.74) is 2.05. The Morgan fingerprint density at radius 2 is 1.76 bits per heavy atom. The van der Waals surface area contributed by atoms with Gasteiger partial charge >= 0.3 is 0 Å². The number of ether oxygens (including phenoxy) is 2. The largest absolute Gasteiger partial charge is 0.490 e. The Balaban J connectivity index is 2.17. The molecule has 2 aromatic carbocycles. The molecule has 2 rings (SSSR count). The number of anilines is 1. The van der Waals surface area contributed by atoms with Crippen molar-refractivity contribution in [3.8, 4) is 11.5 Å². The van der Waals surface area contributed by atoms with E-state index in [1.807, 2.05) is 13.8 Å². The van der Waals surface area contributed by atoms with Gasteiger partial charge in [0.1, 0.15) is 5.82 Å². The molecular formula is C19H21BrFNO3. The average Bonchev–Trinajstić information content (AvgIpc) is 2.55. The number of hydrogen-bond donors (Lipinski definition) is 1. The number of hydrogen-bond acceptors (Lipinski definition) is 3. The summed E-state index contributed by atoms with van der Waals surface area (Å²) in [4.78, 5) is 12.4. The quantitative estimate of drug-likeness (QED) is 0.708. The third kappa shape index (κ3) is 5.19. The van der Waals surface area contributed by atoms with E-state index in [0.29, 0.717) is 36.0 Å². The molecule has 6 heteroatoms. The second kappa shape index (κ2) is 8.85. The summed E-state index contributed by atoms with van der Waals surface area (Å²) in [6.45, 7) is 6.56. The van der Waals surface area contributed by atoms with Crippen LogP contribution in [-0.4, -0.2) is 19.1 Å². The summed E-state index contributed by atoms with van der Waals surface area (Å²) >= 11 is 3.48. The molecule has 25 heavy (non-hydrogen) atoms. The third-order valence-corrected chi connectivity index (χ3v) is 4.26. The lowest BCUT2D eigenvalue weighted by atomic mass is 10.1. The monoisotopic (exact) mass is 409 g/mol. The summed E-state index contributed by atoms with van der Waals surface area (Å²) in [7, 11) is 0. The average molecular weight is 410 g/mol. The molecule has 0 saturated heterocycles. The molecule has 1 N–H and O–H groups in total. The summed E-state index contributed by atoms with van der Waals surface area (Å²) in [6.07, 6.45) is 0.157. The van der Waals surface area contributed by atoms with Crippen LogP contribution < -0.4 is 14.8 Å². The standard InChI is InChI=1S/C19H21BrFNO3/c1-4-24-17-9-13(15(20)11-18(17)25-5-2)10-19(23)22-16-7-6-14(21)8-12(16)3/h6-9,11H,4-5,10H2,1-3H3,(H,22,23). The van der Waals surface area contributed by atoms with E-state index in [4.69, 9.17) is 9.47 Å². The van der Waals surface area contributed by atoms with Gasteiger partial charge in [0.15, 0.2) is 11.5 Å². The zero-order valence-electron chi connectivity index (χ0n) is 14.5. The van der Waals surface area contributed by atoms with E-state index in [1.165, 1.54) is 12.1 Å². The molecule has 134 valence electrons. The van der Waals surface area contributed by atoms with Gasteiger partial charge in [-0.05, 0) is 62.2 Å². The Labute approximate surface area is 155 Å². The Morgan fingerprint density at radius 3 is 2.36 bits per heavy atom. The lowest BCUT2D eigenvalue weighted by Gasteiger charge is -2.14. The molecule has 4 nitrogen and oxygen atoms in total. The Morgan fingerprint density at radius 1 is 1.12 bits per heavy atom. The highest BCUT2D eigenvalue weighted by molar-refractivity contribution is 9.10. The van der Waals surface area contributed by atoms with Crippen LogP contribution in [0.5, 0.6) is 11.5 Å². The van der Waals surface area contributed by atoms with Crippen molar-refractivity contribution in [1.82, 2.24) is 0 Å². The van der Waals surface area contributed by atoms with Crippen LogP contribution in [0.4, 0.5) is 10.1 Å². The molecular weight excluding hydrogens is 389 g/mol. The zero-order chi connectivity index (χ0) is 18.4. The number of carbonyl (C=O) groups is 1. The van der Waals surface area contributed by atoms with Gasteiger partial charge in [0, 0.05) is 10.2 Å². The molecule has 1 amide bonds. The minimum Gasteiger partial charge on any atom is -0.490 e. The van der Waals surface area contributed by atoms with Crippen LogP contribution >= 0.6 is 15.9 Å². The topological polar surface area (TPSA) is 47.6 Å². The normalized spacial score (nSPS) is 10.4. The van der Waals surface area contributed by atoms with Crippen molar-refractivity contribution >= 4 is 27.5 Å². The maximum atomic E-state index is 13.2. The van der Waals surface area contributed by atoms with Gasteiger partial charge in [0.2, 0.25) is 5.91 Å². The van der Waals surface area contributed by atoms with Gasteiger partial charge in [-0.15, -0.1) is 0 Å². The summed E-state index contributed by atoms with van der Waals surface area (Å²) in [5, 5.41) is 2.81. The Kier molecular flexibility index (Phi) is 6.82. The summed E-state index contributed by atoms with van der Waals surface area (Å²) in [6, 6.07) is 7.87. The predicted molar refractivity (Wildman–Crippen MR) is 100.0 cm³/mol. The molecule has 2 aromatic rings. The molecule has 0 aliphatic rings. The number of carbonyl (C=O) groups excluding carboxylic acids is 1. The molecule has 0 heterocycles. The van der Waals surface area contributed by atoms with Crippen molar-refractivity contribution < 1.29 is 18.7 Å². The zero-order valence-corrected chi connectivity index (χ0v) is 16.1. The van der Waals surface area contributed by atoms with Crippen molar-refractivity contribution in [3.05, 3.63) is 51.7 Å². The predicted octanol–water partition coefficient (Wildman–Crippen LogP) is 4.88. The number of amides is 1. The summed E-state index contributed by atoms with van der Waals surface area (Å²) in [5.74, 6) is 0.719. The van der Waals surface area contributed by atoms with Crippen LogP contribution in [0.25, 0.3) is 0 Å². The fourth-order valence-corrected chi connectivity index (χ4v) is 2.85. The SMILES string of the molecule is CCOc1cc(Br)c(CC(=O)Nc2ccc(F)cc2C)cc1OCC. The number of benzene rings is 2. The van der Waals surface area contributed by atoms with Crippen molar-refractivity contribution in [2.45, 2.75) is 27.2 Å². The molecule has 0 spiro atoms. The molecule has 0 saturated carbocycles. The first-order valence-corrected chi connectivity index (χ1v) is 8.87. The number of nitrogens with one attached hydrogen (secondary N) is 1. The molecule has 0 fully saturated rings. The fraction of sp³-hybridized carbons (Fsp3) is 0.316. The van der Waals surface area contributed by atoms with E-state index in [1.54, 1.807) is 25.1 Å². The van der Waals surface area contributed by atoms with E-state index >= 15 is 0 Å². The first-order chi connectivity index (χ1) is 11.9. The minimum atomic E-state index is -0.328. The Hall–Kier alpha value is -2.08. The van der Waals surface area contributed by atoms with Gasteiger partial charge in [-0.1, -0.05) is 15.9 Å². The first-order valence-electron chi connectivity index (χ1n) is 8.08. The van der Waals surface area contributed by atoms with E-state index in [-0.39, 0.29) is 18.1 Å². The van der Waals surface area contributed by atoms with Crippen LogP contribution in [0, 0.1) is 12.7 Å². The van der Waals surface area contributed by atoms with Crippen LogP contribution in [0.2, 0.25) is 0 Å². The van der Waals surface area contributed by atoms with E-state index in [9.17, 15) is 9.18 Å². The Bertz CT molecular complexity index is 765. The number of aryl methyl sites for hydroxylation is 1. The maximum absolute atomic E-state index is 13.2.